The summed E-state index contributed by atoms with van der Waals surface area (Å²) in [7, 11) is -6.64. The van der Waals surface area contributed by atoms with Crippen LogP contribution in [0.3, 0.4) is 0 Å². The summed E-state index contributed by atoms with van der Waals surface area (Å²) < 4.78 is 75.8. The van der Waals surface area contributed by atoms with Crippen LogP contribution in [0, 0.1) is 0 Å². The number of benzene rings is 1. The Hall–Kier alpha value is -1.09. The van der Waals surface area contributed by atoms with E-state index in [9.17, 15) is 25.8 Å². The number of rotatable bonds is 5. The summed E-state index contributed by atoms with van der Waals surface area (Å²) in [5.41, 5.74) is -5.39. The topological polar surface area (TPSA) is 60.4 Å². The molecule has 1 aromatic rings. The van der Waals surface area contributed by atoms with Crippen molar-refractivity contribution in [3.63, 3.8) is 0 Å². The van der Waals surface area contributed by atoms with Gasteiger partial charge in [-0.05, 0) is 12.1 Å². The minimum absolute atomic E-state index is 0.0976. The number of ether oxygens (including phenoxy) is 1. The summed E-state index contributed by atoms with van der Waals surface area (Å²) in [5, 5.41) is 0. The molecular formula is C10H11F3O4S2. The lowest BCUT2D eigenvalue weighted by Crippen LogP contribution is -2.24. The van der Waals surface area contributed by atoms with Gasteiger partial charge in [-0.1, -0.05) is 12.1 Å². The molecule has 1 aromatic carbocycles. The molecule has 1 unspecified atom stereocenters. The Morgan fingerprint density at radius 2 is 1.84 bits per heavy atom. The fraction of sp³-hybridized carbons (Fsp3) is 0.400. The van der Waals surface area contributed by atoms with Crippen LogP contribution in [0.2, 0.25) is 0 Å². The van der Waals surface area contributed by atoms with E-state index in [4.69, 9.17) is 4.74 Å². The molecule has 0 radical (unpaired) electrons. The molecule has 19 heavy (non-hydrogen) atoms. The van der Waals surface area contributed by atoms with Gasteiger partial charge in [0.2, 0.25) is 0 Å². The SMILES string of the molecule is CS(=O)CCOc1ccccc1S(=O)(=O)C(F)(F)F. The summed E-state index contributed by atoms with van der Waals surface area (Å²) >= 11 is 0. The third kappa shape index (κ3) is 3.93. The highest BCUT2D eigenvalue weighted by Crippen LogP contribution is 2.35. The lowest BCUT2D eigenvalue weighted by atomic mass is 10.3. The molecular weight excluding hydrogens is 305 g/mol. The molecule has 0 saturated heterocycles. The number of sulfone groups is 1. The van der Waals surface area contributed by atoms with Crippen molar-refractivity contribution in [2.75, 3.05) is 18.6 Å². The Balaban J connectivity index is 3.07. The fourth-order valence-electron chi connectivity index (χ4n) is 1.19. The second kappa shape index (κ2) is 5.91. The van der Waals surface area contributed by atoms with Crippen molar-refractivity contribution < 1.29 is 30.5 Å². The van der Waals surface area contributed by atoms with Crippen LogP contribution in [0.25, 0.3) is 0 Å². The van der Waals surface area contributed by atoms with Gasteiger partial charge in [-0.3, -0.25) is 4.21 Å². The predicted molar refractivity (Wildman–Crippen MR) is 64.1 cm³/mol. The molecule has 1 atom stereocenters. The minimum atomic E-state index is -5.46. The van der Waals surface area contributed by atoms with Crippen LogP contribution in [0.4, 0.5) is 13.2 Å². The van der Waals surface area contributed by atoms with Gasteiger partial charge in [0.25, 0.3) is 9.84 Å². The molecule has 0 heterocycles. The maximum atomic E-state index is 12.5. The third-order valence-electron chi connectivity index (χ3n) is 2.07. The van der Waals surface area contributed by atoms with Crippen LogP contribution in [0.1, 0.15) is 0 Å². The molecule has 0 aliphatic rings. The first-order valence-electron chi connectivity index (χ1n) is 4.99. The van der Waals surface area contributed by atoms with Gasteiger partial charge < -0.3 is 4.74 Å². The van der Waals surface area contributed by atoms with Crippen LogP contribution in [-0.2, 0) is 20.6 Å². The monoisotopic (exact) mass is 316 g/mol. The number of hydrogen-bond donors (Lipinski definition) is 0. The van der Waals surface area contributed by atoms with Gasteiger partial charge in [-0.15, -0.1) is 0 Å². The lowest BCUT2D eigenvalue weighted by molar-refractivity contribution is -0.0437. The standard InChI is InChI=1S/C10H11F3O4S2/c1-18(14)7-6-17-8-4-2-3-5-9(8)19(15,16)10(11,12)13/h2-5H,6-7H2,1H3. The van der Waals surface area contributed by atoms with Crippen molar-refractivity contribution in [1.82, 2.24) is 0 Å². The predicted octanol–water partition coefficient (Wildman–Crippen LogP) is 1.74. The molecule has 0 amide bonds. The first-order valence-corrected chi connectivity index (χ1v) is 8.20. The van der Waals surface area contributed by atoms with Crippen LogP contribution in [0.5, 0.6) is 5.75 Å². The van der Waals surface area contributed by atoms with Gasteiger partial charge >= 0.3 is 5.51 Å². The molecule has 4 nitrogen and oxygen atoms in total. The molecule has 0 aliphatic heterocycles. The van der Waals surface area contributed by atoms with E-state index in [1.807, 2.05) is 0 Å². The van der Waals surface area contributed by atoms with Gasteiger partial charge in [-0.2, -0.15) is 13.2 Å². The highest BCUT2D eigenvalue weighted by atomic mass is 32.2. The molecule has 0 spiro atoms. The zero-order chi connectivity index (χ0) is 14.7. The maximum absolute atomic E-state index is 12.5. The number of halogens is 3. The highest BCUT2D eigenvalue weighted by molar-refractivity contribution is 7.92. The van der Waals surface area contributed by atoms with E-state index in [1.165, 1.54) is 18.4 Å². The van der Waals surface area contributed by atoms with E-state index in [-0.39, 0.29) is 12.4 Å². The van der Waals surface area contributed by atoms with Gasteiger partial charge in [0, 0.05) is 17.1 Å². The van der Waals surface area contributed by atoms with Gasteiger partial charge in [0.1, 0.15) is 10.6 Å². The van der Waals surface area contributed by atoms with Crippen LogP contribution >= 0.6 is 0 Å². The molecule has 108 valence electrons. The minimum Gasteiger partial charge on any atom is -0.491 e. The van der Waals surface area contributed by atoms with Gasteiger partial charge in [0.05, 0.1) is 12.4 Å². The van der Waals surface area contributed by atoms with E-state index in [1.54, 1.807) is 0 Å². The van der Waals surface area contributed by atoms with E-state index in [0.717, 1.165) is 12.1 Å². The Morgan fingerprint density at radius 1 is 1.26 bits per heavy atom. The Kier molecular flexibility index (Phi) is 4.97. The highest BCUT2D eigenvalue weighted by Gasteiger charge is 2.48. The van der Waals surface area contributed by atoms with E-state index < -0.39 is 36.8 Å². The van der Waals surface area contributed by atoms with Gasteiger partial charge in [-0.25, -0.2) is 8.42 Å². The summed E-state index contributed by atoms with van der Waals surface area (Å²) in [6, 6.07) is 4.47. The van der Waals surface area contributed by atoms with Crippen molar-refractivity contribution in [2.45, 2.75) is 10.4 Å². The zero-order valence-corrected chi connectivity index (χ0v) is 11.4. The van der Waals surface area contributed by atoms with Crippen LogP contribution in [0.15, 0.2) is 29.2 Å². The number of para-hydroxylation sites is 1. The summed E-state index contributed by atoms with van der Waals surface area (Å²) in [6.45, 7) is -0.131. The average Bonchev–Trinajstić information content (AvgIpc) is 2.27. The summed E-state index contributed by atoms with van der Waals surface area (Å²) in [6.07, 6.45) is 1.40. The van der Waals surface area contributed by atoms with Crippen molar-refractivity contribution in [2.24, 2.45) is 0 Å². The third-order valence-corrected chi connectivity index (χ3v) is 4.34. The largest absolute Gasteiger partial charge is 0.502 e. The normalized spacial score (nSPS) is 14.1. The van der Waals surface area contributed by atoms with Gasteiger partial charge in [0.15, 0.2) is 0 Å². The molecule has 9 heteroatoms. The van der Waals surface area contributed by atoms with Crippen molar-refractivity contribution in [1.29, 1.82) is 0 Å². The molecule has 0 N–H and O–H groups in total. The zero-order valence-electron chi connectivity index (χ0n) is 9.81. The lowest BCUT2D eigenvalue weighted by Gasteiger charge is -2.13. The summed E-state index contributed by atoms with van der Waals surface area (Å²) in [4.78, 5) is -0.940. The molecule has 1 rings (SSSR count). The molecule has 0 aliphatic carbocycles. The molecule has 0 fully saturated rings. The molecule has 0 saturated carbocycles. The summed E-state index contributed by atoms with van der Waals surface area (Å²) in [5.74, 6) is -0.300. The Bertz CT molecular complexity index is 566. The van der Waals surface area contributed by atoms with E-state index in [0.29, 0.717) is 0 Å². The number of alkyl halides is 3. The van der Waals surface area contributed by atoms with E-state index in [2.05, 4.69) is 0 Å². The van der Waals surface area contributed by atoms with Crippen LogP contribution < -0.4 is 4.74 Å². The van der Waals surface area contributed by atoms with Crippen molar-refractivity contribution in [3.05, 3.63) is 24.3 Å². The maximum Gasteiger partial charge on any atom is 0.502 e. The average molecular weight is 316 g/mol. The second-order valence-corrected chi connectivity index (χ2v) is 6.99. The Labute approximate surface area is 111 Å². The Morgan fingerprint density at radius 3 is 2.37 bits per heavy atom. The number of hydrogen-bond acceptors (Lipinski definition) is 4. The second-order valence-electron chi connectivity index (χ2n) is 3.52. The van der Waals surface area contributed by atoms with Crippen LogP contribution in [-0.4, -0.2) is 36.8 Å². The fourth-order valence-corrected chi connectivity index (χ4v) is 2.40. The quantitative estimate of drug-likeness (QED) is 0.830. The van der Waals surface area contributed by atoms with E-state index >= 15 is 0 Å². The molecule has 0 aromatic heterocycles. The first kappa shape index (κ1) is 16.0. The van der Waals surface area contributed by atoms with Crippen molar-refractivity contribution >= 4 is 20.6 Å². The smallest absolute Gasteiger partial charge is 0.491 e. The van der Waals surface area contributed by atoms with Crippen molar-refractivity contribution in [3.8, 4) is 5.75 Å². The molecule has 0 bridgehead atoms. The first-order chi connectivity index (χ1) is 8.66.